The van der Waals surface area contributed by atoms with Crippen molar-refractivity contribution in [3.63, 3.8) is 0 Å². The van der Waals surface area contributed by atoms with Crippen LogP contribution in [0.4, 0.5) is 0 Å². The highest BCUT2D eigenvalue weighted by atomic mass is 16.1. The molecule has 0 saturated carbocycles. The minimum absolute atomic E-state index is 0.0399. The molecule has 0 atom stereocenters. The Labute approximate surface area is 89.5 Å². The van der Waals surface area contributed by atoms with Crippen LogP contribution in [0.25, 0.3) is 0 Å². The second kappa shape index (κ2) is 5.97. The fourth-order valence-corrected chi connectivity index (χ4v) is 1.09. The highest BCUT2D eigenvalue weighted by molar-refractivity contribution is 5.97. The fraction of sp³-hybridized carbons (Fsp3) is 0.250. The first-order chi connectivity index (χ1) is 7.27. The smallest absolute Gasteiger partial charge is 0.176 e. The lowest BCUT2D eigenvalue weighted by Crippen LogP contribution is -2.13. The van der Waals surface area contributed by atoms with Crippen LogP contribution in [0.3, 0.4) is 0 Å². The van der Waals surface area contributed by atoms with Gasteiger partial charge in [-0.3, -0.25) is 4.79 Å². The monoisotopic (exact) mass is 202 g/mol. The molecule has 1 aromatic carbocycles. The van der Waals surface area contributed by atoms with Gasteiger partial charge in [-0.15, -0.1) is 0 Å². The van der Waals surface area contributed by atoms with Gasteiger partial charge in [0.15, 0.2) is 5.78 Å². The summed E-state index contributed by atoms with van der Waals surface area (Å²) in [5.74, 6) is 5.83. The summed E-state index contributed by atoms with van der Waals surface area (Å²) < 4.78 is 0. The van der Waals surface area contributed by atoms with Crippen LogP contribution in [0.1, 0.15) is 22.3 Å². The molecular formula is C12H14N2O. The van der Waals surface area contributed by atoms with Crippen LogP contribution >= 0.6 is 0 Å². The molecule has 0 aliphatic carbocycles. The van der Waals surface area contributed by atoms with Crippen molar-refractivity contribution in [3.05, 3.63) is 35.4 Å². The van der Waals surface area contributed by atoms with E-state index in [1.54, 1.807) is 12.1 Å². The molecule has 0 aliphatic rings. The van der Waals surface area contributed by atoms with Crippen LogP contribution in [0.15, 0.2) is 24.3 Å². The summed E-state index contributed by atoms with van der Waals surface area (Å²) in [5.41, 5.74) is 12.1. The maximum absolute atomic E-state index is 11.2. The lowest BCUT2D eigenvalue weighted by Gasteiger charge is -1.96. The Bertz CT molecular complexity index is 384. The molecule has 3 nitrogen and oxygen atoms in total. The number of hydrogen-bond donors (Lipinski definition) is 2. The lowest BCUT2D eigenvalue weighted by atomic mass is 10.1. The molecule has 0 fully saturated rings. The highest BCUT2D eigenvalue weighted by Gasteiger charge is 2.01. The Balaban J connectivity index is 2.73. The van der Waals surface area contributed by atoms with Crippen molar-refractivity contribution in [2.75, 3.05) is 13.1 Å². The number of Topliss-reactive ketones (excluding diaryl/α,β-unsaturated/α-hetero) is 1. The zero-order valence-corrected chi connectivity index (χ0v) is 8.49. The van der Waals surface area contributed by atoms with Gasteiger partial charge in [0.1, 0.15) is 0 Å². The first-order valence-corrected chi connectivity index (χ1v) is 4.80. The van der Waals surface area contributed by atoms with Crippen molar-refractivity contribution in [2.24, 2.45) is 11.5 Å². The normalized spacial score (nSPS) is 9.20. The molecule has 0 bridgehead atoms. The van der Waals surface area contributed by atoms with Gasteiger partial charge in [0.05, 0.1) is 6.54 Å². The van der Waals surface area contributed by atoms with E-state index in [1.165, 1.54) is 0 Å². The van der Waals surface area contributed by atoms with Crippen LogP contribution in [0.5, 0.6) is 0 Å². The van der Waals surface area contributed by atoms with Crippen molar-refractivity contribution in [3.8, 4) is 11.8 Å². The fourth-order valence-electron chi connectivity index (χ4n) is 1.09. The van der Waals surface area contributed by atoms with Gasteiger partial charge < -0.3 is 11.5 Å². The quantitative estimate of drug-likeness (QED) is 0.555. The predicted molar refractivity (Wildman–Crippen MR) is 60.4 cm³/mol. The third-order valence-electron chi connectivity index (χ3n) is 1.89. The Kier molecular flexibility index (Phi) is 4.55. The van der Waals surface area contributed by atoms with Crippen LogP contribution in [0.2, 0.25) is 0 Å². The van der Waals surface area contributed by atoms with Gasteiger partial charge in [0.25, 0.3) is 0 Å². The average molecular weight is 202 g/mol. The number of benzene rings is 1. The van der Waals surface area contributed by atoms with Crippen LogP contribution in [-0.4, -0.2) is 18.9 Å². The third kappa shape index (κ3) is 3.55. The second-order valence-electron chi connectivity index (χ2n) is 3.05. The number of nitrogens with two attached hydrogens (primary N) is 2. The van der Waals surface area contributed by atoms with E-state index in [0.717, 1.165) is 5.56 Å². The summed E-state index contributed by atoms with van der Waals surface area (Å²) in [6.07, 6.45) is 0.684. The first-order valence-electron chi connectivity index (χ1n) is 4.80. The molecule has 3 heteroatoms. The van der Waals surface area contributed by atoms with Gasteiger partial charge in [-0.1, -0.05) is 24.0 Å². The van der Waals surface area contributed by atoms with Crippen molar-refractivity contribution in [2.45, 2.75) is 6.42 Å². The molecule has 0 aromatic heterocycles. The van der Waals surface area contributed by atoms with Crippen molar-refractivity contribution < 1.29 is 4.79 Å². The van der Waals surface area contributed by atoms with E-state index in [9.17, 15) is 4.79 Å². The summed E-state index contributed by atoms with van der Waals surface area (Å²) in [6, 6.07) is 7.10. The summed E-state index contributed by atoms with van der Waals surface area (Å²) in [6.45, 7) is 0.606. The number of carbonyl (C=O) groups excluding carboxylic acids is 1. The summed E-state index contributed by atoms with van der Waals surface area (Å²) in [4.78, 5) is 11.2. The lowest BCUT2D eigenvalue weighted by molar-refractivity contribution is 0.100. The van der Waals surface area contributed by atoms with Gasteiger partial charge in [-0.25, -0.2) is 0 Å². The minimum Gasteiger partial charge on any atom is -0.330 e. The van der Waals surface area contributed by atoms with Crippen LogP contribution in [0, 0.1) is 11.8 Å². The summed E-state index contributed by atoms with van der Waals surface area (Å²) in [5, 5.41) is 0. The molecule has 0 amide bonds. The van der Waals surface area contributed by atoms with Gasteiger partial charge >= 0.3 is 0 Å². The first kappa shape index (κ1) is 11.4. The van der Waals surface area contributed by atoms with Crippen molar-refractivity contribution in [1.82, 2.24) is 0 Å². The molecule has 0 radical (unpaired) electrons. The largest absolute Gasteiger partial charge is 0.330 e. The van der Waals surface area contributed by atoms with Gasteiger partial charge in [-0.2, -0.15) is 0 Å². The van der Waals surface area contributed by atoms with Crippen molar-refractivity contribution in [1.29, 1.82) is 0 Å². The average Bonchev–Trinajstić information content (AvgIpc) is 2.29. The number of rotatable bonds is 3. The number of carbonyl (C=O) groups is 1. The molecule has 15 heavy (non-hydrogen) atoms. The molecule has 0 unspecified atom stereocenters. The van der Waals surface area contributed by atoms with E-state index in [-0.39, 0.29) is 12.3 Å². The molecular weight excluding hydrogens is 188 g/mol. The summed E-state index contributed by atoms with van der Waals surface area (Å²) in [7, 11) is 0. The van der Waals surface area contributed by atoms with Crippen LogP contribution < -0.4 is 11.5 Å². The Morgan fingerprint density at radius 3 is 2.40 bits per heavy atom. The molecule has 0 saturated heterocycles. The molecule has 4 N–H and O–H groups in total. The van der Waals surface area contributed by atoms with E-state index in [2.05, 4.69) is 11.8 Å². The molecule has 0 heterocycles. The van der Waals surface area contributed by atoms with E-state index in [0.29, 0.717) is 18.5 Å². The standard InChI is InChI=1S/C12H14N2O/c13-8-2-1-3-10-4-6-11(7-5-10)12(15)9-14/h4-7H,2,8-9,13-14H2. The maximum Gasteiger partial charge on any atom is 0.176 e. The maximum atomic E-state index is 11.2. The molecule has 0 spiro atoms. The predicted octanol–water partition coefficient (Wildman–Crippen LogP) is 0.528. The van der Waals surface area contributed by atoms with Gasteiger partial charge in [0.2, 0.25) is 0 Å². The Morgan fingerprint density at radius 1 is 1.20 bits per heavy atom. The zero-order chi connectivity index (χ0) is 11.1. The van der Waals surface area contributed by atoms with E-state index < -0.39 is 0 Å². The third-order valence-corrected chi connectivity index (χ3v) is 1.89. The summed E-state index contributed by atoms with van der Waals surface area (Å²) >= 11 is 0. The van der Waals surface area contributed by atoms with E-state index >= 15 is 0 Å². The number of hydrogen-bond acceptors (Lipinski definition) is 3. The molecule has 1 aromatic rings. The van der Waals surface area contributed by atoms with Gasteiger partial charge in [-0.05, 0) is 12.1 Å². The minimum atomic E-state index is -0.0588. The van der Waals surface area contributed by atoms with E-state index in [1.807, 2.05) is 12.1 Å². The second-order valence-corrected chi connectivity index (χ2v) is 3.05. The highest BCUT2D eigenvalue weighted by Crippen LogP contribution is 2.03. The zero-order valence-electron chi connectivity index (χ0n) is 8.49. The molecule has 78 valence electrons. The molecule has 0 aliphatic heterocycles. The topological polar surface area (TPSA) is 69.1 Å². The Morgan fingerprint density at radius 2 is 1.87 bits per heavy atom. The van der Waals surface area contributed by atoms with Crippen molar-refractivity contribution >= 4 is 5.78 Å². The van der Waals surface area contributed by atoms with Gasteiger partial charge in [0, 0.05) is 24.1 Å². The Hall–Kier alpha value is -1.63. The van der Waals surface area contributed by atoms with Crippen LogP contribution in [-0.2, 0) is 0 Å². The molecule has 1 rings (SSSR count). The van der Waals surface area contributed by atoms with E-state index in [4.69, 9.17) is 11.5 Å². The SMILES string of the molecule is NCCC#Cc1ccc(C(=O)CN)cc1. The number of ketones is 1.